The fourth-order valence-electron chi connectivity index (χ4n) is 5.23. The molecular formula is C24H28ClF2N3O3. The number of aromatic nitrogens is 1. The summed E-state index contributed by atoms with van der Waals surface area (Å²) in [6, 6.07) is 5.71. The number of hydrogen-bond donors (Lipinski definition) is 2. The Morgan fingerprint density at radius 3 is 2.70 bits per heavy atom. The predicted octanol–water partition coefficient (Wildman–Crippen LogP) is 4.06. The van der Waals surface area contributed by atoms with Crippen LogP contribution in [0.4, 0.5) is 14.6 Å². The number of aliphatic hydroxyl groups is 1. The van der Waals surface area contributed by atoms with Crippen LogP contribution in [-0.4, -0.2) is 65.3 Å². The summed E-state index contributed by atoms with van der Waals surface area (Å²) in [6.45, 7) is 4.67. The highest BCUT2D eigenvalue weighted by atomic mass is 35.5. The van der Waals surface area contributed by atoms with Crippen molar-refractivity contribution < 1.29 is 23.4 Å². The number of carbonyl (C=O) groups excluding carboxylic acids is 1. The number of nitrogens with one attached hydrogen (secondary N) is 1. The third-order valence-corrected chi connectivity index (χ3v) is 7.96. The van der Waals surface area contributed by atoms with Gasteiger partial charge in [0.05, 0.1) is 24.9 Å². The van der Waals surface area contributed by atoms with Crippen LogP contribution in [-0.2, 0) is 9.53 Å². The maximum absolute atomic E-state index is 12.8. The molecule has 5 rings (SSSR count). The molecule has 2 N–H and O–H groups in total. The fourth-order valence-corrected chi connectivity index (χ4v) is 5.56. The normalized spacial score (nSPS) is 30.8. The average Bonchev–Trinajstić information content (AvgIpc) is 3.54. The summed E-state index contributed by atoms with van der Waals surface area (Å²) in [6.07, 6.45) is 0.748. The number of benzene rings is 1. The lowest BCUT2D eigenvalue weighted by Crippen LogP contribution is -2.56. The standard InChI is InChI=1S/C24H28ClF2N3O3/c1-24(12-33-11-20(24)31)30-4-2-13(3-5-30)16-6-14-8-21(28-10-15(14)7-19(16)25)29-23(32)18-9-17(18)22(26)27/h6-8,10,13,17-18,20,22,31H,2-5,9,11-12H2,1H3,(H,28,29,32)/t17-,18-,20-,24+/m1/s1. The number of carbonyl (C=O) groups is 1. The second kappa shape index (κ2) is 8.73. The summed E-state index contributed by atoms with van der Waals surface area (Å²) in [5, 5.41) is 15.5. The van der Waals surface area contributed by atoms with Crippen LogP contribution in [0.2, 0.25) is 5.02 Å². The molecule has 4 atom stereocenters. The largest absolute Gasteiger partial charge is 0.389 e. The lowest BCUT2D eigenvalue weighted by Gasteiger charge is -2.43. The van der Waals surface area contributed by atoms with Gasteiger partial charge in [0.2, 0.25) is 12.3 Å². The summed E-state index contributed by atoms with van der Waals surface area (Å²) < 4.78 is 31.0. The summed E-state index contributed by atoms with van der Waals surface area (Å²) in [4.78, 5) is 18.8. The summed E-state index contributed by atoms with van der Waals surface area (Å²) in [5.74, 6) is -1.25. The van der Waals surface area contributed by atoms with Crippen molar-refractivity contribution in [3.05, 3.63) is 35.0 Å². The zero-order valence-electron chi connectivity index (χ0n) is 18.4. The maximum atomic E-state index is 12.8. The van der Waals surface area contributed by atoms with Crippen LogP contribution in [0.1, 0.15) is 37.7 Å². The molecule has 1 aromatic carbocycles. The van der Waals surface area contributed by atoms with Gasteiger partial charge in [0.25, 0.3) is 0 Å². The van der Waals surface area contributed by atoms with E-state index in [0.29, 0.717) is 24.1 Å². The molecular weight excluding hydrogens is 452 g/mol. The zero-order valence-corrected chi connectivity index (χ0v) is 19.2. The highest BCUT2D eigenvalue weighted by Crippen LogP contribution is 2.44. The van der Waals surface area contributed by atoms with E-state index in [1.165, 1.54) is 0 Å². The third kappa shape index (κ3) is 4.34. The van der Waals surface area contributed by atoms with Gasteiger partial charge in [-0.2, -0.15) is 0 Å². The second-order valence-corrected chi connectivity index (χ2v) is 10.2. The maximum Gasteiger partial charge on any atom is 0.242 e. The number of alkyl halides is 2. The van der Waals surface area contributed by atoms with Crippen molar-refractivity contribution in [3.63, 3.8) is 0 Å². The molecule has 0 spiro atoms. The number of likely N-dealkylation sites (tertiary alicyclic amines) is 1. The van der Waals surface area contributed by atoms with E-state index in [1.54, 1.807) is 12.3 Å². The molecule has 178 valence electrons. The van der Waals surface area contributed by atoms with E-state index in [0.717, 1.165) is 42.3 Å². The highest BCUT2D eigenvalue weighted by molar-refractivity contribution is 6.32. The van der Waals surface area contributed by atoms with E-state index in [-0.39, 0.29) is 17.9 Å². The van der Waals surface area contributed by atoms with E-state index >= 15 is 0 Å². The molecule has 6 nitrogen and oxygen atoms in total. The Morgan fingerprint density at radius 2 is 2.06 bits per heavy atom. The molecule has 0 unspecified atom stereocenters. The number of anilines is 1. The minimum absolute atomic E-state index is 0.220. The molecule has 33 heavy (non-hydrogen) atoms. The molecule has 2 saturated heterocycles. The lowest BCUT2D eigenvalue weighted by molar-refractivity contribution is -0.118. The second-order valence-electron chi connectivity index (χ2n) is 9.77. The number of fused-ring (bicyclic) bond motifs is 1. The highest BCUT2D eigenvalue weighted by Gasteiger charge is 2.49. The van der Waals surface area contributed by atoms with Crippen LogP contribution in [0.3, 0.4) is 0 Å². The van der Waals surface area contributed by atoms with Crippen LogP contribution in [0.5, 0.6) is 0 Å². The average molecular weight is 480 g/mol. The Hall–Kier alpha value is -1.87. The first-order chi connectivity index (χ1) is 15.8. The van der Waals surface area contributed by atoms with Crippen LogP contribution in [0.15, 0.2) is 24.4 Å². The van der Waals surface area contributed by atoms with Crippen LogP contribution in [0, 0.1) is 11.8 Å². The molecule has 3 fully saturated rings. The number of nitrogens with zero attached hydrogens (tertiary/aromatic N) is 2. The number of ether oxygens (including phenoxy) is 1. The van der Waals surface area contributed by atoms with Crippen molar-refractivity contribution in [2.45, 2.75) is 50.2 Å². The van der Waals surface area contributed by atoms with E-state index in [2.05, 4.69) is 22.1 Å². The van der Waals surface area contributed by atoms with Gasteiger partial charge in [0.1, 0.15) is 5.82 Å². The molecule has 1 saturated carbocycles. The number of pyridine rings is 1. The topological polar surface area (TPSA) is 74.7 Å². The van der Waals surface area contributed by atoms with Crippen molar-refractivity contribution in [1.29, 1.82) is 0 Å². The Labute approximate surface area is 196 Å². The molecule has 3 aliphatic rings. The number of piperidine rings is 1. The van der Waals surface area contributed by atoms with Crippen LogP contribution < -0.4 is 5.32 Å². The molecule has 0 bridgehead atoms. The van der Waals surface area contributed by atoms with Crippen LogP contribution in [0.25, 0.3) is 10.8 Å². The van der Waals surface area contributed by atoms with Gasteiger partial charge in [-0.25, -0.2) is 13.8 Å². The van der Waals surface area contributed by atoms with Gasteiger partial charge in [0, 0.05) is 28.4 Å². The quantitative estimate of drug-likeness (QED) is 0.676. The van der Waals surface area contributed by atoms with E-state index in [9.17, 15) is 18.7 Å². The Morgan fingerprint density at radius 1 is 1.30 bits per heavy atom. The molecule has 1 aliphatic carbocycles. The first-order valence-corrected chi connectivity index (χ1v) is 11.8. The minimum atomic E-state index is -2.46. The van der Waals surface area contributed by atoms with Crippen molar-refractivity contribution >= 4 is 34.1 Å². The molecule has 1 amide bonds. The monoisotopic (exact) mass is 479 g/mol. The smallest absolute Gasteiger partial charge is 0.242 e. The Balaban J connectivity index is 1.30. The Kier molecular flexibility index (Phi) is 6.05. The third-order valence-electron chi connectivity index (χ3n) is 7.63. The van der Waals surface area contributed by atoms with Gasteiger partial charge in [0.15, 0.2) is 0 Å². The van der Waals surface area contributed by atoms with Crippen LogP contribution >= 0.6 is 11.6 Å². The van der Waals surface area contributed by atoms with Gasteiger partial charge in [-0.05, 0) is 74.3 Å². The van der Waals surface area contributed by atoms with Gasteiger partial charge in [-0.15, -0.1) is 0 Å². The number of amides is 1. The molecule has 2 aromatic rings. The molecule has 0 radical (unpaired) electrons. The predicted molar refractivity (Wildman–Crippen MR) is 122 cm³/mol. The zero-order chi connectivity index (χ0) is 23.3. The van der Waals surface area contributed by atoms with E-state index < -0.39 is 30.3 Å². The van der Waals surface area contributed by atoms with Gasteiger partial charge >= 0.3 is 0 Å². The number of aliphatic hydroxyl groups excluding tert-OH is 1. The summed E-state index contributed by atoms with van der Waals surface area (Å²) in [7, 11) is 0. The number of hydrogen-bond acceptors (Lipinski definition) is 5. The van der Waals surface area contributed by atoms with E-state index in [4.69, 9.17) is 16.3 Å². The van der Waals surface area contributed by atoms with Gasteiger partial charge in [-0.1, -0.05) is 11.6 Å². The van der Waals surface area contributed by atoms with Crippen molar-refractivity contribution in [2.24, 2.45) is 11.8 Å². The lowest BCUT2D eigenvalue weighted by atomic mass is 9.85. The summed E-state index contributed by atoms with van der Waals surface area (Å²) >= 11 is 6.63. The SMILES string of the molecule is C[C@]1(N2CCC(c3cc4cc(NC(=O)[C@@H]5C[C@H]5C(F)F)ncc4cc3Cl)CC2)COC[C@H]1O. The first kappa shape index (κ1) is 22.9. The Bertz CT molecular complexity index is 1060. The molecule has 9 heteroatoms. The van der Waals surface area contributed by atoms with Gasteiger partial charge in [-0.3, -0.25) is 9.69 Å². The van der Waals surface area contributed by atoms with E-state index in [1.807, 2.05) is 12.1 Å². The number of rotatable bonds is 5. The number of halogens is 3. The summed E-state index contributed by atoms with van der Waals surface area (Å²) in [5.41, 5.74) is 0.711. The molecule has 3 heterocycles. The molecule has 2 aliphatic heterocycles. The van der Waals surface area contributed by atoms with Crippen molar-refractivity contribution in [2.75, 3.05) is 31.6 Å². The fraction of sp³-hybridized carbons (Fsp3) is 0.583. The minimum Gasteiger partial charge on any atom is -0.389 e. The van der Waals surface area contributed by atoms with Crippen molar-refractivity contribution in [3.8, 4) is 0 Å². The molecule has 1 aromatic heterocycles. The van der Waals surface area contributed by atoms with Gasteiger partial charge < -0.3 is 15.2 Å². The van der Waals surface area contributed by atoms with Crippen molar-refractivity contribution in [1.82, 2.24) is 9.88 Å². The first-order valence-electron chi connectivity index (χ1n) is 11.5.